The molecule has 3 heteroatoms. The number of nitrogens with two attached hydrogens (primary N) is 1. The van der Waals surface area contributed by atoms with Crippen LogP contribution in [0.25, 0.3) is 0 Å². The van der Waals surface area contributed by atoms with E-state index in [1.165, 1.54) is 0 Å². The molecule has 3 N–H and O–H groups in total. The molecular formula is C5H13NOS. The van der Waals surface area contributed by atoms with Crippen LogP contribution in [0.5, 0.6) is 0 Å². The second-order valence-electron chi connectivity index (χ2n) is 1.55. The Morgan fingerprint density at radius 1 is 1.75 bits per heavy atom. The van der Waals surface area contributed by atoms with E-state index < -0.39 is 0 Å². The molecule has 0 heterocycles. The molecule has 0 amide bonds. The maximum atomic E-state index is 8.84. The van der Waals surface area contributed by atoms with E-state index in [-0.39, 0.29) is 6.10 Å². The van der Waals surface area contributed by atoms with E-state index in [9.17, 15) is 0 Å². The van der Waals surface area contributed by atoms with E-state index in [2.05, 4.69) is 6.92 Å². The van der Waals surface area contributed by atoms with Crippen LogP contribution >= 0.6 is 11.8 Å². The number of hydrogen-bond acceptors (Lipinski definition) is 3. The van der Waals surface area contributed by atoms with Gasteiger partial charge in [-0.15, -0.1) is 0 Å². The zero-order chi connectivity index (χ0) is 6.41. The van der Waals surface area contributed by atoms with Crippen LogP contribution < -0.4 is 5.73 Å². The Morgan fingerprint density at radius 3 is 2.75 bits per heavy atom. The summed E-state index contributed by atoms with van der Waals surface area (Å²) in [6.07, 6.45) is -0.306. The summed E-state index contributed by atoms with van der Waals surface area (Å²) in [6, 6.07) is 0. The predicted molar refractivity (Wildman–Crippen MR) is 38.1 cm³/mol. The summed E-state index contributed by atoms with van der Waals surface area (Å²) in [5, 5.41) is 8.84. The summed E-state index contributed by atoms with van der Waals surface area (Å²) in [6.45, 7) is 2.45. The molecule has 0 aromatic rings. The highest BCUT2D eigenvalue weighted by Gasteiger charge is 1.97. The maximum Gasteiger partial charge on any atom is 0.0752 e. The normalized spacial score (nSPS) is 13.9. The van der Waals surface area contributed by atoms with Gasteiger partial charge in [-0.05, 0) is 5.75 Å². The predicted octanol–water partition coefficient (Wildman–Crippen LogP) is 0.0591. The monoisotopic (exact) mass is 135 g/mol. The van der Waals surface area contributed by atoms with E-state index in [4.69, 9.17) is 10.8 Å². The average Bonchev–Trinajstić information content (AvgIpc) is 1.83. The second kappa shape index (κ2) is 5.41. The zero-order valence-electron chi connectivity index (χ0n) is 5.13. The third kappa shape index (κ3) is 4.43. The summed E-state index contributed by atoms with van der Waals surface area (Å²) in [5.74, 6) is 1.82. The molecule has 0 spiro atoms. The summed E-state index contributed by atoms with van der Waals surface area (Å²) in [5.41, 5.74) is 5.15. The Hall–Kier alpha value is 0.270. The molecule has 1 atom stereocenters. The van der Waals surface area contributed by atoms with Gasteiger partial charge in [0.2, 0.25) is 0 Å². The van der Waals surface area contributed by atoms with Crippen molar-refractivity contribution in [2.24, 2.45) is 5.73 Å². The fourth-order valence-electron chi connectivity index (χ4n) is 0.322. The van der Waals surface area contributed by atoms with Gasteiger partial charge in [0.25, 0.3) is 0 Å². The van der Waals surface area contributed by atoms with E-state index in [1.54, 1.807) is 11.8 Å². The van der Waals surface area contributed by atoms with Crippen LogP contribution in [0.15, 0.2) is 0 Å². The lowest BCUT2D eigenvalue weighted by molar-refractivity contribution is 0.208. The molecule has 0 saturated heterocycles. The molecule has 0 bridgehead atoms. The lowest BCUT2D eigenvalue weighted by Crippen LogP contribution is -2.21. The van der Waals surface area contributed by atoms with Crippen LogP contribution in [0.1, 0.15) is 6.92 Å². The van der Waals surface area contributed by atoms with Gasteiger partial charge in [0.15, 0.2) is 0 Å². The zero-order valence-corrected chi connectivity index (χ0v) is 5.95. The van der Waals surface area contributed by atoms with Gasteiger partial charge in [-0.25, -0.2) is 0 Å². The molecule has 50 valence electrons. The highest BCUT2D eigenvalue weighted by atomic mass is 32.2. The molecule has 0 rings (SSSR count). The number of hydrogen-bond donors (Lipinski definition) is 2. The van der Waals surface area contributed by atoms with Crippen LogP contribution in [0.4, 0.5) is 0 Å². The Balaban J connectivity index is 2.86. The van der Waals surface area contributed by atoms with Crippen molar-refractivity contribution in [1.82, 2.24) is 0 Å². The van der Waals surface area contributed by atoms with Gasteiger partial charge >= 0.3 is 0 Å². The first-order valence-corrected chi connectivity index (χ1v) is 3.92. The number of rotatable bonds is 4. The molecule has 0 aliphatic carbocycles. The molecule has 0 aliphatic rings. The molecular weight excluding hydrogens is 122 g/mol. The summed E-state index contributed by atoms with van der Waals surface area (Å²) in [7, 11) is 0. The lowest BCUT2D eigenvalue weighted by Gasteiger charge is -2.03. The molecule has 2 nitrogen and oxygen atoms in total. The Labute approximate surface area is 54.5 Å². The highest BCUT2D eigenvalue weighted by Crippen LogP contribution is 1.99. The highest BCUT2D eigenvalue weighted by molar-refractivity contribution is 7.99. The summed E-state index contributed by atoms with van der Waals surface area (Å²) < 4.78 is 0. The third-order valence-corrected chi connectivity index (χ3v) is 1.82. The van der Waals surface area contributed by atoms with Gasteiger partial charge in [0.05, 0.1) is 6.10 Å². The largest absolute Gasteiger partial charge is 0.391 e. The quantitative estimate of drug-likeness (QED) is 0.573. The second-order valence-corrected chi connectivity index (χ2v) is 2.87. The van der Waals surface area contributed by atoms with Gasteiger partial charge in [0, 0.05) is 12.3 Å². The number of aliphatic hydroxyl groups excluding tert-OH is 1. The fourth-order valence-corrected chi connectivity index (χ4v) is 0.966. The minimum Gasteiger partial charge on any atom is -0.391 e. The SMILES string of the molecule is CCSCC(O)CN. The van der Waals surface area contributed by atoms with Gasteiger partial charge in [0.1, 0.15) is 0 Å². The van der Waals surface area contributed by atoms with Gasteiger partial charge in [-0.3, -0.25) is 0 Å². The van der Waals surface area contributed by atoms with E-state index in [0.717, 1.165) is 11.5 Å². The van der Waals surface area contributed by atoms with Crippen LogP contribution in [0.2, 0.25) is 0 Å². The van der Waals surface area contributed by atoms with Crippen molar-refractivity contribution in [3.8, 4) is 0 Å². The maximum absolute atomic E-state index is 8.84. The minimum absolute atomic E-state index is 0.306. The molecule has 0 aromatic carbocycles. The first-order chi connectivity index (χ1) is 3.81. The van der Waals surface area contributed by atoms with Crippen molar-refractivity contribution < 1.29 is 5.11 Å². The minimum atomic E-state index is -0.306. The first-order valence-electron chi connectivity index (χ1n) is 2.77. The van der Waals surface area contributed by atoms with E-state index in [0.29, 0.717) is 6.54 Å². The standard InChI is InChI=1S/C5H13NOS/c1-2-8-4-5(7)3-6/h5,7H,2-4,6H2,1H3. The van der Waals surface area contributed by atoms with Gasteiger partial charge in [-0.1, -0.05) is 6.92 Å². The topological polar surface area (TPSA) is 46.2 Å². The van der Waals surface area contributed by atoms with Crippen LogP contribution in [-0.4, -0.2) is 29.3 Å². The van der Waals surface area contributed by atoms with Crippen molar-refractivity contribution in [3.63, 3.8) is 0 Å². The first kappa shape index (κ1) is 8.27. The molecule has 0 radical (unpaired) electrons. The van der Waals surface area contributed by atoms with Crippen molar-refractivity contribution in [2.75, 3.05) is 18.1 Å². The molecule has 1 unspecified atom stereocenters. The summed E-state index contributed by atoms with van der Waals surface area (Å²) >= 11 is 1.71. The molecule has 0 saturated carbocycles. The molecule has 0 aliphatic heterocycles. The van der Waals surface area contributed by atoms with Crippen molar-refractivity contribution in [2.45, 2.75) is 13.0 Å². The average molecular weight is 135 g/mol. The molecule has 8 heavy (non-hydrogen) atoms. The fraction of sp³-hybridized carbons (Fsp3) is 1.00. The molecule has 0 fully saturated rings. The lowest BCUT2D eigenvalue weighted by atomic mass is 10.4. The Bertz CT molecular complexity index is 51.7. The van der Waals surface area contributed by atoms with Crippen LogP contribution in [0.3, 0.4) is 0 Å². The Kier molecular flexibility index (Phi) is 5.59. The van der Waals surface area contributed by atoms with E-state index >= 15 is 0 Å². The van der Waals surface area contributed by atoms with Gasteiger partial charge < -0.3 is 10.8 Å². The van der Waals surface area contributed by atoms with Crippen LogP contribution in [0, 0.1) is 0 Å². The number of thioether (sulfide) groups is 1. The van der Waals surface area contributed by atoms with Crippen molar-refractivity contribution in [3.05, 3.63) is 0 Å². The van der Waals surface area contributed by atoms with Crippen LogP contribution in [-0.2, 0) is 0 Å². The Morgan fingerprint density at radius 2 is 2.38 bits per heavy atom. The smallest absolute Gasteiger partial charge is 0.0752 e. The summed E-state index contributed by atoms with van der Waals surface area (Å²) in [4.78, 5) is 0. The van der Waals surface area contributed by atoms with Crippen molar-refractivity contribution >= 4 is 11.8 Å². The van der Waals surface area contributed by atoms with Gasteiger partial charge in [-0.2, -0.15) is 11.8 Å². The third-order valence-electron chi connectivity index (χ3n) is 0.786. The van der Waals surface area contributed by atoms with E-state index in [1.807, 2.05) is 0 Å². The number of aliphatic hydroxyl groups is 1. The van der Waals surface area contributed by atoms with Crippen molar-refractivity contribution in [1.29, 1.82) is 0 Å². The molecule has 0 aromatic heterocycles.